The molecule has 2 aromatic carbocycles. The molecule has 3 rings (SSSR count). The molecule has 3 nitrogen and oxygen atoms in total. The second kappa shape index (κ2) is 4.69. The molecule has 19 heavy (non-hydrogen) atoms. The molecule has 3 heteroatoms. The van der Waals surface area contributed by atoms with E-state index in [1.165, 1.54) is 0 Å². The fourth-order valence-electron chi connectivity index (χ4n) is 2.17. The number of rotatable bonds is 2. The molecule has 0 saturated heterocycles. The third kappa shape index (κ3) is 2.40. The molecule has 1 N–H and O–H groups in total. The Morgan fingerprint density at radius 3 is 2.68 bits per heavy atom. The first kappa shape index (κ1) is 11.7. The van der Waals surface area contributed by atoms with Gasteiger partial charge in [-0.15, -0.1) is 0 Å². The summed E-state index contributed by atoms with van der Waals surface area (Å²) in [5, 5.41) is 0.650. The lowest BCUT2D eigenvalue weighted by molar-refractivity contribution is 0.973. The van der Waals surface area contributed by atoms with Crippen LogP contribution in [0.1, 0.15) is 17.0 Å². The fraction of sp³-hybridized carbons (Fsp3) is 0.125. The molecule has 0 radical (unpaired) electrons. The first-order valence-corrected chi connectivity index (χ1v) is 6.26. The zero-order valence-electron chi connectivity index (χ0n) is 10.7. The van der Waals surface area contributed by atoms with Crippen LogP contribution in [-0.2, 0) is 6.42 Å². The Morgan fingerprint density at radius 2 is 1.89 bits per heavy atom. The van der Waals surface area contributed by atoms with Crippen molar-refractivity contribution in [1.29, 1.82) is 0 Å². The van der Waals surface area contributed by atoms with Gasteiger partial charge in [0.2, 0.25) is 0 Å². The quantitative estimate of drug-likeness (QED) is 0.760. The maximum atomic E-state index is 12.0. The van der Waals surface area contributed by atoms with Gasteiger partial charge in [-0.05, 0) is 24.6 Å². The first-order valence-electron chi connectivity index (χ1n) is 6.26. The molecular weight excluding hydrogens is 236 g/mol. The van der Waals surface area contributed by atoms with Gasteiger partial charge in [0.15, 0.2) is 0 Å². The summed E-state index contributed by atoms with van der Waals surface area (Å²) in [6.07, 6.45) is 0.639. The number of aryl methyl sites for hydroxylation is 1. The molecule has 94 valence electrons. The van der Waals surface area contributed by atoms with Gasteiger partial charge >= 0.3 is 0 Å². The molecule has 0 aliphatic heterocycles. The molecule has 0 aliphatic rings. The lowest BCUT2D eigenvalue weighted by atomic mass is 10.1. The molecule has 1 aromatic heterocycles. The molecule has 0 amide bonds. The standard InChI is InChI=1S/C16H14N2O/c1-11-7-8-14-13(9-11)16(19)18-15(17-14)10-12-5-3-2-4-6-12/h2-9H,10H2,1H3,(H,17,18,19). The van der Waals surface area contributed by atoms with E-state index in [0.717, 1.165) is 16.6 Å². The van der Waals surface area contributed by atoms with Crippen molar-refractivity contribution in [3.05, 3.63) is 75.8 Å². The third-order valence-electron chi connectivity index (χ3n) is 3.12. The Labute approximate surface area is 111 Å². The molecule has 0 aliphatic carbocycles. The van der Waals surface area contributed by atoms with Gasteiger partial charge in [-0.25, -0.2) is 4.98 Å². The highest BCUT2D eigenvalue weighted by atomic mass is 16.1. The van der Waals surface area contributed by atoms with Crippen molar-refractivity contribution >= 4 is 10.9 Å². The highest BCUT2D eigenvalue weighted by molar-refractivity contribution is 5.78. The number of nitrogens with one attached hydrogen (secondary N) is 1. The zero-order valence-corrected chi connectivity index (χ0v) is 10.7. The van der Waals surface area contributed by atoms with E-state index in [0.29, 0.717) is 17.6 Å². The van der Waals surface area contributed by atoms with Crippen LogP contribution in [0.4, 0.5) is 0 Å². The predicted octanol–water partition coefficient (Wildman–Crippen LogP) is 2.82. The number of aromatic nitrogens is 2. The molecule has 3 aromatic rings. The Morgan fingerprint density at radius 1 is 1.11 bits per heavy atom. The van der Waals surface area contributed by atoms with Gasteiger partial charge in [0.25, 0.3) is 5.56 Å². The number of benzene rings is 2. The van der Waals surface area contributed by atoms with Crippen molar-refractivity contribution in [1.82, 2.24) is 9.97 Å². The normalized spacial score (nSPS) is 10.8. The molecule has 0 spiro atoms. The van der Waals surface area contributed by atoms with E-state index >= 15 is 0 Å². The molecule has 0 atom stereocenters. The summed E-state index contributed by atoms with van der Waals surface area (Å²) in [5.74, 6) is 0.701. The van der Waals surface area contributed by atoms with E-state index in [4.69, 9.17) is 0 Å². The van der Waals surface area contributed by atoms with Gasteiger partial charge in [0.05, 0.1) is 10.9 Å². The van der Waals surface area contributed by atoms with E-state index < -0.39 is 0 Å². The fourth-order valence-corrected chi connectivity index (χ4v) is 2.17. The molecule has 0 bridgehead atoms. The second-order valence-corrected chi connectivity index (χ2v) is 4.70. The van der Waals surface area contributed by atoms with E-state index in [2.05, 4.69) is 9.97 Å². The van der Waals surface area contributed by atoms with Gasteiger partial charge in [-0.1, -0.05) is 42.0 Å². The minimum atomic E-state index is -0.0698. The van der Waals surface area contributed by atoms with E-state index in [-0.39, 0.29) is 5.56 Å². The largest absolute Gasteiger partial charge is 0.310 e. The summed E-state index contributed by atoms with van der Waals surface area (Å²) in [7, 11) is 0. The summed E-state index contributed by atoms with van der Waals surface area (Å²) in [6, 6.07) is 15.7. The van der Waals surface area contributed by atoms with Crippen molar-refractivity contribution in [3.63, 3.8) is 0 Å². The summed E-state index contributed by atoms with van der Waals surface area (Å²) in [4.78, 5) is 19.4. The minimum Gasteiger partial charge on any atom is -0.310 e. The highest BCUT2D eigenvalue weighted by Gasteiger charge is 2.04. The van der Waals surface area contributed by atoms with Crippen LogP contribution in [0.3, 0.4) is 0 Å². The SMILES string of the molecule is Cc1ccc2nc(Cc3ccccc3)[nH]c(=O)c2c1. The first-order chi connectivity index (χ1) is 9.22. The monoisotopic (exact) mass is 250 g/mol. The van der Waals surface area contributed by atoms with Gasteiger partial charge in [0, 0.05) is 6.42 Å². The zero-order chi connectivity index (χ0) is 13.2. The maximum Gasteiger partial charge on any atom is 0.258 e. The second-order valence-electron chi connectivity index (χ2n) is 4.70. The third-order valence-corrected chi connectivity index (χ3v) is 3.12. The number of H-pyrrole nitrogens is 1. The van der Waals surface area contributed by atoms with Crippen LogP contribution in [0.2, 0.25) is 0 Å². The average Bonchev–Trinajstić information content (AvgIpc) is 2.41. The Bertz CT molecular complexity index is 776. The van der Waals surface area contributed by atoms with Crippen molar-refractivity contribution in [2.24, 2.45) is 0 Å². The average molecular weight is 250 g/mol. The number of hydrogen-bond donors (Lipinski definition) is 1. The van der Waals surface area contributed by atoms with Gasteiger partial charge < -0.3 is 4.98 Å². The van der Waals surface area contributed by atoms with Gasteiger partial charge in [-0.2, -0.15) is 0 Å². The van der Waals surface area contributed by atoms with Crippen molar-refractivity contribution < 1.29 is 0 Å². The number of hydrogen-bond acceptors (Lipinski definition) is 2. The summed E-state index contributed by atoms with van der Waals surface area (Å²) >= 11 is 0. The van der Waals surface area contributed by atoms with Crippen LogP contribution < -0.4 is 5.56 Å². The maximum absolute atomic E-state index is 12.0. The van der Waals surface area contributed by atoms with E-state index in [1.54, 1.807) is 0 Å². The summed E-state index contributed by atoms with van der Waals surface area (Å²) in [5.41, 5.74) is 2.88. The lowest BCUT2D eigenvalue weighted by Gasteiger charge is -2.04. The smallest absolute Gasteiger partial charge is 0.258 e. The highest BCUT2D eigenvalue weighted by Crippen LogP contribution is 2.11. The summed E-state index contributed by atoms with van der Waals surface area (Å²) in [6.45, 7) is 1.97. The topological polar surface area (TPSA) is 45.8 Å². The Hall–Kier alpha value is -2.42. The van der Waals surface area contributed by atoms with Gasteiger partial charge in [0.1, 0.15) is 5.82 Å². The van der Waals surface area contributed by atoms with Crippen molar-refractivity contribution in [3.8, 4) is 0 Å². The summed E-state index contributed by atoms with van der Waals surface area (Å²) < 4.78 is 0. The van der Waals surface area contributed by atoms with Crippen LogP contribution in [0.25, 0.3) is 10.9 Å². The molecule has 0 unspecified atom stereocenters. The minimum absolute atomic E-state index is 0.0698. The molecule has 0 fully saturated rings. The Kier molecular flexibility index (Phi) is 2.88. The van der Waals surface area contributed by atoms with Crippen molar-refractivity contribution in [2.75, 3.05) is 0 Å². The number of aromatic amines is 1. The molecule has 1 heterocycles. The van der Waals surface area contributed by atoms with Crippen LogP contribution in [0, 0.1) is 6.92 Å². The van der Waals surface area contributed by atoms with Crippen LogP contribution in [0.5, 0.6) is 0 Å². The predicted molar refractivity (Wildman–Crippen MR) is 76.3 cm³/mol. The Balaban J connectivity index is 2.07. The van der Waals surface area contributed by atoms with Crippen LogP contribution in [-0.4, -0.2) is 9.97 Å². The molecule has 0 saturated carbocycles. The number of fused-ring (bicyclic) bond motifs is 1. The van der Waals surface area contributed by atoms with Crippen molar-refractivity contribution in [2.45, 2.75) is 13.3 Å². The van der Waals surface area contributed by atoms with Crippen LogP contribution >= 0.6 is 0 Å². The molecular formula is C16H14N2O. The van der Waals surface area contributed by atoms with E-state index in [9.17, 15) is 4.79 Å². The van der Waals surface area contributed by atoms with E-state index in [1.807, 2.05) is 55.5 Å². The number of nitrogens with zero attached hydrogens (tertiary/aromatic N) is 1. The lowest BCUT2D eigenvalue weighted by Crippen LogP contribution is -2.12. The van der Waals surface area contributed by atoms with Gasteiger partial charge in [-0.3, -0.25) is 4.79 Å². The van der Waals surface area contributed by atoms with Crippen LogP contribution in [0.15, 0.2) is 53.3 Å².